The van der Waals surface area contributed by atoms with E-state index < -0.39 is 10.0 Å². The lowest BCUT2D eigenvalue weighted by Crippen LogP contribution is -2.32. The van der Waals surface area contributed by atoms with Gasteiger partial charge in [-0.15, -0.1) is 0 Å². The van der Waals surface area contributed by atoms with Crippen molar-refractivity contribution >= 4 is 21.6 Å². The average molecular weight is 568 g/mol. The molecule has 1 heterocycles. The van der Waals surface area contributed by atoms with E-state index in [2.05, 4.69) is 29.2 Å². The van der Waals surface area contributed by atoms with Crippen molar-refractivity contribution in [1.29, 1.82) is 0 Å². The van der Waals surface area contributed by atoms with E-state index in [1.165, 1.54) is 9.87 Å². The summed E-state index contributed by atoms with van der Waals surface area (Å²) in [5.74, 6) is 0.927. The molecule has 2 fully saturated rings. The summed E-state index contributed by atoms with van der Waals surface area (Å²) in [4.78, 5) is 4.80. The summed E-state index contributed by atoms with van der Waals surface area (Å²) in [6.45, 7) is 3.31. The van der Waals surface area contributed by atoms with Crippen molar-refractivity contribution in [2.75, 3.05) is 19.6 Å². The van der Waals surface area contributed by atoms with E-state index in [1.54, 1.807) is 18.2 Å². The standard InChI is InChI=1S/C31H38ClN3O3S/c1-2-35(20-6-5-18-33)39(36,37)25-11-12-29(32)23(21-25)13-15-31(16-17-31)28-22-34-19-14-26(28)27-7-3-4-8-30(27)38-24-9-10-24/h3-4,7-8,11-12,14,19,21-22,24H,2,5-6,9-10,13,15-18,20,33H2,1H3. The van der Waals surface area contributed by atoms with Crippen molar-refractivity contribution in [3.63, 3.8) is 0 Å². The second-order valence-electron chi connectivity index (χ2n) is 10.8. The van der Waals surface area contributed by atoms with Gasteiger partial charge in [0.15, 0.2) is 0 Å². The van der Waals surface area contributed by atoms with Crippen LogP contribution >= 0.6 is 11.6 Å². The number of hydrogen-bond acceptors (Lipinski definition) is 5. The molecule has 0 bridgehead atoms. The zero-order chi connectivity index (χ0) is 27.5. The molecule has 8 heteroatoms. The van der Waals surface area contributed by atoms with E-state index in [9.17, 15) is 8.42 Å². The zero-order valence-electron chi connectivity index (χ0n) is 22.6. The van der Waals surface area contributed by atoms with Gasteiger partial charge in [0.05, 0.1) is 11.0 Å². The molecule has 0 saturated heterocycles. The van der Waals surface area contributed by atoms with Crippen LogP contribution in [0.25, 0.3) is 11.1 Å². The van der Waals surface area contributed by atoms with E-state index in [0.717, 1.165) is 67.4 Å². The second-order valence-corrected chi connectivity index (χ2v) is 13.1. The summed E-state index contributed by atoms with van der Waals surface area (Å²) in [7, 11) is -3.60. The predicted molar refractivity (Wildman–Crippen MR) is 157 cm³/mol. The highest BCUT2D eigenvalue weighted by atomic mass is 35.5. The number of pyridine rings is 1. The predicted octanol–water partition coefficient (Wildman–Crippen LogP) is 6.36. The number of aryl methyl sites for hydroxylation is 1. The summed E-state index contributed by atoms with van der Waals surface area (Å²) < 4.78 is 34.6. The molecule has 2 saturated carbocycles. The summed E-state index contributed by atoms with van der Waals surface area (Å²) in [6, 6.07) is 15.5. The maximum atomic E-state index is 13.4. The van der Waals surface area contributed by atoms with E-state index in [-0.39, 0.29) is 5.41 Å². The Morgan fingerprint density at radius 2 is 1.90 bits per heavy atom. The van der Waals surface area contributed by atoms with Gasteiger partial charge in [-0.25, -0.2) is 8.42 Å². The number of ether oxygens (including phenoxy) is 1. The van der Waals surface area contributed by atoms with Crippen LogP contribution in [0.15, 0.2) is 65.8 Å². The number of para-hydroxylation sites is 1. The van der Waals surface area contributed by atoms with Gasteiger partial charge in [0.2, 0.25) is 10.0 Å². The Labute approximate surface area is 237 Å². The lowest BCUT2D eigenvalue weighted by molar-refractivity contribution is 0.304. The lowest BCUT2D eigenvalue weighted by atomic mass is 9.85. The third-order valence-corrected chi connectivity index (χ3v) is 10.3. The second kappa shape index (κ2) is 12.0. The number of halogens is 1. The molecule has 0 unspecified atom stereocenters. The van der Waals surface area contributed by atoms with Crippen molar-refractivity contribution in [3.05, 3.63) is 77.1 Å². The summed E-state index contributed by atoms with van der Waals surface area (Å²) >= 11 is 6.61. The molecule has 208 valence electrons. The molecule has 0 aliphatic heterocycles. The first-order valence-corrected chi connectivity index (χ1v) is 15.9. The van der Waals surface area contributed by atoms with Crippen LogP contribution in [0, 0.1) is 0 Å². The van der Waals surface area contributed by atoms with Gasteiger partial charge in [0, 0.05) is 36.1 Å². The Bertz CT molecular complexity index is 1400. The van der Waals surface area contributed by atoms with E-state index in [0.29, 0.717) is 42.1 Å². The van der Waals surface area contributed by atoms with Crippen molar-refractivity contribution < 1.29 is 13.2 Å². The Morgan fingerprint density at radius 1 is 1.10 bits per heavy atom. The minimum atomic E-state index is -3.60. The van der Waals surface area contributed by atoms with Crippen LogP contribution in [-0.2, 0) is 21.9 Å². The smallest absolute Gasteiger partial charge is 0.243 e. The van der Waals surface area contributed by atoms with E-state index in [4.69, 9.17) is 22.1 Å². The fraction of sp³-hybridized carbons (Fsp3) is 0.452. The van der Waals surface area contributed by atoms with Crippen LogP contribution in [0.2, 0.25) is 5.02 Å². The van der Waals surface area contributed by atoms with Crippen molar-refractivity contribution in [1.82, 2.24) is 9.29 Å². The monoisotopic (exact) mass is 567 g/mol. The molecule has 6 nitrogen and oxygen atoms in total. The van der Waals surface area contributed by atoms with Crippen molar-refractivity contribution in [3.8, 4) is 16.9 Å². The molecule has 2 aromatic carbocycles. The normalized spacial score (nSPS) is 16.4. The minimum Gasteiger partial charge on any atom is -0.490 e. The highest BCUT2D eigenvalue weighted by Gasteiger charge is 2.45. The molecule has 2 N–H and O–H groups in total. The highest BCUT2D eigenvalue weighted by molar-refractivity contribution is 7.89. The topological polar surface area (TPSA) is 85.5 Å². The molecule has 0 atom stereocenters. The Hall–Kier alpha value is -2.45. The molecule has 39 heavy (non-hydrogen) atoms. The number of nitrogens with two attached hydrogens (primary N) is 1. The first kappa shape index (κ1) is 28.1. The Kier molecular flexibility index (Phi) is 8.62. The van der Waals surface area contributed by atoms with Crippen LogP contribution in [0.4, 0.5) is 0 Å². The van der Waals surface area contributed by atoms with E-state index in [1.807, 2.05) is 25.4 Å². The molecule has 5 rings (SSSR count). The van der Waals surface area contributed by atoms with Gasteiger partial charge < -0.3 is 10.5 Å². The van der Waals surface area contributed by atoms with Gasteiger partial charge >= 0.3 is 0 Å². The highest BCUT2D eigenvalue weighted by Crippen LogP contribution is 2.55. The lowest BCUT2D eigenvalue weighted by Gasteiger charge is -2.22. The fourth-order valence-electron chi connectivity index (χ4n) is 5.32. The number of nitrogens with zero attached hydrogens (tertiary/aromatic N) is 2. The average Bonchev–Trinajstić information content (AvgIpc) is 3.88. The number of aromatic nitrogens is 1. The summed E-state index contributed by atoms with van der Waals surface area (Å²) in [5.41, 5.74) is 9.96. The zero-order valence-corrected chi connectivity index (χ0v) is 24.2. The van der Waals surface area contributed by atoms with Gasteiger partial charge in [-0.05, 0) is 110 Å². The summed E-state index contributed by atoms with van der Waals surface area (Å²) in [5, 5.41) is 0.602. The molecule has 1 aromatic heterocycles. The third-order valence-electron chi connectivity index (χ3n) is 7.98. The summed E-state index contributed by atoms with van der Waals surface area (Å²) in [6.07, 6.45) is 11.6. The molecule has 0 radical (unpaired) electrons. The van der Waals surface area contributed by atoms with Crippen LogP contribution in [-0.4, -0.2) is 43.4 Å². The van der Waals surface area contributed by atoms with Crippen LogP contribution in [0.1, 0.15) is 63.0 Å². The quantitative estimate of drug-likeness (QED) is 0.229. The third kappa shape index (κ3) is 6.32. The van der Waals surface area contributed by atoms with Crippen molar-refractivity contribution in [2.24, 2.45) is 5.73 Å². The first-order valence-electron chi connectivity index (χ1n) is 14.1. The SMILES string of the molecule is CCN(CCCCN)S(=O)(=O)c1ccc(Cl)c(CCC2(c3cnccc3-c3ccccc3OC3CC3)CC2)c1. The largest absolute Gasteiger partial charge is 0.490 e. The Morgan fingerprint density at radius 3 is 2.62 bits per heavy atom. The number of rotatable bonds is 14. The van der Waals surface area contributed by atoms with E-state index >= 15 is 0 Å². The maximum Gasteiger partial charge on any atom is 0.243 e. The van der Waals surface area contributed by atoms with Gasteiger partial charge in [-0.1, -0.05) is 36.7 Å². The molecule has 0 amide bonds. The molecular formula is C31H38ClN3O3S. The molecule has 2 aliphatic carbocycles. The number of hydrogen-bond donors (Lipinski definition) is 1. The van der Waals surface area contributed by atoms with Gasteiger partial charge in [0.1, 0.15) is 5.75 Å². The number of unbranched alkanes of at least 4 members (excludes halogenated alkanes) is 1. The van der Waals surface area contributed by atoms with Crippen LogP contribution in [0.3, 0.4) is 0 Å². The first-order chi connectivity index (χ1) is 18.9. The van der Waals surface area contributed by atoms with Gasteiger partial charge in [-0.3, -0.25) is 4.98 Å². The molecular weight excluding hydrogens is 530 g/mol. The number of sulfonamides is 1. The minimum absolute atomic E-state index is 0.00777. The van der Waals surface area contributed by atoms with Crippen molar-refractivity contribution in [2.45, 2.75) is 74.7 Å². The maximum absolute atomic E-state index is 13.4. The fourth-order valence-corrected chi connectivity index (χ4v) is 7.07. The Balaban J connectivity index is 1.37. The molecule has 0 spiro atoms. The van der Waals surface area contributed by atoms with Gasteiger partial charge in [-0.2, -0.15) is 4.31 Å². The molecule has 3 aromatic rings. The molecule has 2 aliphatic rings. The van der Waals surface area contributed by atoms with Gasteiger partial charge in [0.25, 0.3) is 0 Å². The number of benzene rings is 2. The van der Waals surface area contributed by atoms with Crippen LogP contribution < -0.4 is 10.5 Å². The van der Waals surface area contributed by atoms with Crippen LogP contribution in [0.5, 0.6) is 5.75 Å².